The Bertz CT molecular complexity index is 395. The van der Waals surface area contributed by atoms with E-state index in [0.29, 0.717) is 6.10 Å². The molecule has 0 saturated carbocycles. The summed E-state index contributed by atoms with van der Waals surface area (Å²) < 4.78 is 6.35. The van der Waals surface area contributed by atoms with Gasteiger partial charge < -0.3 is 4.74 Å². The summed E-state index contributed by atoms with van der Waals surface area (Å²) >= 11 is 0. The molecule has 0 aromatic heterocycles. The number of hydrogen-bond acceptors (Lipinski definition) is 1. The van der Waals surface area contributed by atoms with Crippen LogP contribution in [0.5, 0.6) is 5.75 Å². The molecule has 0 saturated heterocycles. The molecule has 1 unspecified atom stereocenters. The van der Waals surface area contributed by atoms with E-state index in [4.69, 9.17) is 4.74 Å². The van der Waals surface area contributed by atoms with E-state index in [0.717, 1.165) is 11.7 Å². The van der Waals surface area contributed by atoms with Crippen molar-refractivity contribution in [3.05, 3.63) is 29.3 Å². The zero-order valence-electron chi connectivity index (χ0n) is 14.7. The summed E-state index contributed by atoms with van der Waals surface area (Å²) in [5, 5.41) is 0. The van der Waals surface area contributed by atoms with Gasteiger partial charge in [0.1, 0.15) is 5.75 Å². The van der Waals surface area contributed by atoms with Gasteiger partial charge in [0.25, 0.3) is 0 Å². The number of ether oxygens (including phenoxy) is 1. The smallest absolute Gasteiger partial charge is 0.122 e. The Hall–Kier alpha value is -0.980. The van der Waals surface area contributed by atoms with Gasteiger partial charge in [0.15, 0.2) is 0 Å². The molecule has 0 radical (unpaired) electrons. The van der Waals surface area contributed by atoms with Crippen LogP contribution in [0.3, 0.4) is 0 Å². The minimum absolute atomic E-state index is 0.385. The normalized spacial score (nSPS) is 12.7. The van der Waals surface area contributed by atoms with Gasteiger partial charge in [-0.1, -0.05) is 52.2 Å². The lowest BCUT2D eigenvalue weighted by Crippen LogP contribution is -2.17. The van der Waals surface area contributed by atoms with Crippen LogP contribution < -0.4 is 4.74 Å². The minimum atomic E-state index is 0.385. The molecule has 1 rings (SSSR count). The van der Waals surface area contributed by atoms with Gasteiger partial charge in [-0.05, 0) is 62.6 Å². The van der Waals surface area contributed by atoms with E-state index >= 15 is 0 Å². The van der Waals surface area contributed by atoms with E-state index in [2.05, 4.69) is 52.8 Å². The highest BCUT2D eigenvalue weighted by Gasteiger charge is 2.12. The summed E-state index contributed by atoms with van der Waals surface area (Å²) in [6.07, 6.45) is 9.23. The maximum absolute atomic E-state index is 6.35. The first-order chi connectivity index (χ1) is 10.0. The Morgan fingerprint density at radius 2 is 1.67 bits per heavy atom. The van der Waals surface area contributed by atoms with E-state index < -0.39 is 0 Å². The van der Waals surface area contributed by atoms with Gasteiger partial charge in [-0.15, -0.1) is 0 Å². The summed E-state index contributed by atoms with van der Waals surface area (Å²) in [5.74, 6) is 1.88. The monoisotopic (exact) mass is 290 g/mol. The van der Waals surface area contributed by atoms with Gasteiger partial charge in [-0.25, -0.2) is 0 Å². The van der Waals surface area contributed by atoms with E-state index in [9.17, 15) is 0 Å². The third-order valence-corrected chi connectivity index (χ3v) is 4.29. The molecule has 1 heteroatoms. The Morgan fingerprint density at radius 3 is 2.33 bits per heavy atom. The van der Waals surface area contributed by atoms with E-state index in [1.165, 1.54) is 56.1 Å². The van der Waals surface area contributed by atoms with Crippen LogP contribution in [0.15, 0.2) is 18.2 Å². The molecule has 0 amide bonds. The van der Waals surface area contributed by atoms with Crippen molar-refractivity contribution < 1.29 is 4.74 Å². The number of hydrogen-bond donors (Lipinski definition) is 0. The third-order valence-electron chi connectivity index (χ3n) is 4.29. The van der Waals surface area contributed by atoms with Crippen molar-refractivity contribution in [1.82, 2.24) is 0 Å². The molecule has 0 aliphatic rings. The number of aryl methyl sites for hydroxylation is 1. The maximum atomic E-state index is 6.35. The Kier molecular flexibility index (Phi) is 8.49. The van der Waals surface area contributed by atoms with Gasteiger partial charge in [-0.2, -0.15) is 0 Å². The lowest BCUT2D eigenvalue weighted by atomic mass is 10.0. The Morgan fingerprint density at radius 1 is 0.952 bits per heavy atom. The van der Waals surface area contributed by atoms with Crippen molar-refractivity contribution in [2.45, 2.75) is 85.7 Å². The molecule has 0 spiro atoms. The van der Waals surface area contributed by atoms with Gasteiger partial charge in [0.2, 0.25) is 0 Å². The SMILES string of the molecule is CCCCCC(CCCC(C)C)Oc1cccc(C)c1C. The van der Waals surface area contributed by atoms with Gasteiger partial charge in [0.05, 0.1) is 6.10 Å². The van der Waals surface area contributed by atoms with Crippen molar-refractivity contribution >= 4 is 0 Å². The second-order valence-corrected chi connectivity index (χ2v) is 6.76. The zero-order chi connectivity index (χ0) is 15.7. The summed E-state index contributed by atoms with van der Waals surface area (Å²) in [7, 11) is 0. The van der Waals surface area contributed by atoms with Crippen LogP contribution in [-0.2, 0) is 0 Å². The molecule has 0 N–H and O–H groups in total. The number of unbranched alkanes of at least 4 members (excludes halogenated alkanes) is 2. The van der Waals surface area contributed by atoms with Crippen molar-refractivity contribution in [3.8, 4) is 5.75 Å². The second-order valence-electron chi connectivity index (χ2n) is 6.76. The maximum Gasteiger partial charge on any atom is 0.122 e. The van der Waals surface area contributed by atoms with E-state index in [-0.39, 0.29) is 0 Å². The van der Waals surface area contributed by atoms with Crippen LogP contribution >= 0.6 is 0 Å². The number of rotatable bonds is 10. The topological polar surface area (TPSA) is 9.23 Å². The van der Waals surface area contributed by atoms with Crippen LogP contribution in [0.2, 0.25) is 0 Å². The molecule has 0 heterocycles. The fraction of sp³-hybridized carbons (Fsp3) is 0.700. The third kappa shape index (κ3) is 7.02. The fourth-order valence-corrected chi connectivity index (χ4v) is 2.67. The molecule has 0 aliphatic heterocycles. The molecule has 21 heavy (non-hydrogen) atoms. The molecule has 1 aromatic carbocycles. The van der Waals surface area contributed by atoms with Gasteiger partial charge in [0, 0.05) is 0 Å². The van der Waals surface area contributed by atoms with E-state index in [1.54, 1.807) is 0 Å². The highest BCUT2D eigenvalue weighted by atomic mass is 16.5. The van der Waals surface area contributed by atoms with Crippen molar-refractivity contribution in [1.29, 1.82) is 0 Å². The summed E-state index contributed by atoms with van der Waals surface area (Å²) in [6.45, 7) is 11.2. The molecule has 1 nitrogen and oxygen atoms in total. The second kappa shape index (κ2) is 9.87. The first-order valence-electron chi connectivity index (χ1n) is 8.77. The van der Waals surface area contributed by atoms with Crippen molar-refractivity contribution in [3.63, 3.8) is 0 Å². The Labute approximate surface area is 132 Å². The highest BCUT2D eigenvalue weighted by molar-refractivity contribution is 5.38. The average Bonchev–Trinajstić information content (AvgIpc) is 2.43. The largest absolute Gasteiger partial charge is 0.490 e. The minimum Gasteiger partial charge on any atom is -0.490 e. The quantitative estimate of drug-likeness (QED) is 0.449. The summed E-state index contributed by atoms with van der Waals surface area (Å²) in [4.78, 5) is 0. The highest BCUT2D eigenvalue weighted by Crippen LogP contribution is 2.25. The lowest BCUT2D eigenvalue weighted by molar-refractivity contribution is 0.170. The van der Waals surface area contributed by atoms with Gasteiger partial charge in [-0.3, -0.25) is 0 Å². The van der Waals surface area contributed by atoms with Gasteiger partial charge >= 0.3 is 0 Å². The summed E-state index contributed by atoms with van der Waals surface area (Å²) in [5.41, 5.74) is 2.61. The Balaban J connectivity index is 2.59. The van der Waals surface area contributed by atoms with Crippen molar-refractivity contribution in [2.24, 2.45) is 5.92 Å². The van der Waals surface area contributed by atoms with E-state index in [1.807, 2.05) is 0 Å². The first-order valence-corrected chi connectivity index (χ1v) is 8.77. The molecule has 1 aromatic rings. The molecule has 0 fully saturated rings. The molecule has 120 valence electrons. The molecule has 1 atom stereocenters. The zero-order valence-corrected chi connectivity index (χ0v) is 14.7. The molecular formula is C20H34O. The molecule has 0 bridgehead atoms. The van der Waals surface area contributed by atoms with Crippen LogP contribution in [0.25, 0.3) is 0 Å². The van der Waals surface area contributed by atoms with Crippen LogP contribution in [0.1, 0.15) is 76.8 Å². The fourth-order valence-electron chi connectivity index (χ4n) is 2.67. The predicted octanol–water partition coefficient (Wildman–Crippen LogP) is 6.46. The van der Waals surface area contributed by atoms with Crippen LogP contribution in [0, 0.1) is 19.8 Å². The summed E-state index contributed by atoms with van der Waals surface area (Å²) in [6, 6.07) is 6.39. The molecule has 0 aliphatic carbocycles. The number of benzene rings is 1. The lowest BCUT2D eigenvalue weighted by Gasteiger charge is -2.21. The molecular weight excluding hydrogens is 256 g/mol. The first kappa shape index (κ1) is 18.1. The van der Waals surface area contributed by atoms with Crippen LogP contribution in [0.4, 0.5) is 0 Å². The average molecular weight is 290 g/mol. The van der Waals surface area contributed by atoms with Crippen LogP contribution in [-0.4, -0.2) is 6.10 Å². The van der Waals surface area contributed by atoms with Crippen molar-refractivity contribution in [2.75, 3.05) is 0 Å². The standard InChI is InChI=1S/C20H34O/c1-6-7-8-13-19(14-9-11-16(2)3)21-20-15-10-12-17(4)18(20)5/h10,12,15-16,19H,6-9,11,13-14H2,1-5H3. The predicted molar refractivity (Wildman–Crippen MR) is 93.2 cm³/mol.